The molecule has 1 aromatic heterocycles. The van der Waals surface area contributed by atoms with Gasteiger partial charge in [-0.2, -0.15) is 0 Å². The first-order valence-corrected chi connectivity index (χ1v) is 4.83. The molecule has 94 valence electrons. The van der Waals surface area contributed by atoms with Crippen molar-refractivity contribution in [3.05, 3.63) is 35.2 Å². The molecule has 0 aliphatic heterocycles. The van der Waals surface area contributed by atoms with Crippen LogP contribution in [0.15, 0.2) is 16.5 Å². The Morgan fingerprint density at radius 3 is 2.72 bits per heavy atom. The Balaban J connectivity index is 2.29. The third-order valence-corrected chi connectivity index (χ3v) is 2.06. The number of hydrogen-bond donors (Lipinski definition) is 2. The van der Waals surface area contributed by atoms with E-state index in [1.807, 2.05) is 0 Å². The van der Waals surface area contributed by atoms with Crippen LogP contribution in [-0.2, 0) is 0 Å². The zero-order valence-corrected chi connectivity index (χ0v) is 9.20. The van der Waals surface area contributed by atoms with Crippen molar-refractivity contribution in [2.75, 3.05) is 11.1 Å². The summed E-state index contributed by atoms with van der Waals surface area (Å²) in [5, 5.41) is 9.09. The van der Waals surface area contributed by atoms with Crippen molar-refractivity contribution in [2.45, 2.75) is 6.92 Å². The fraction of sp³-hybridized carbons (Fsp3) is 0.100. The van der Waals surface area contributed by atoms with Gasteiger partial charge in [-0.05, 0) is 12.1 Å². The lowest BCUT2D eigenvalue weighted by Gasteiger charge is -2.04. The number of nitrogen functional groups attached to an aromatic ring is 1. The van der Waals surface area contributed by atoms with E-state index in [-0.39, 0.29) is 11.9 Å². The molecule has 0 aliphatic rings. The van der Waals surface area contributed by atoms with Crippen LogP contribution in [-0.4, -0.2) is 16.1 Å². The molecule has 0 saturated carbocycles. The van der Waals surface area contributed by atoms with Gasteiger partial charge < -0.3 is 10.2 Å². The molecule has 1 heterocycles. The molecule has 1 amide bonds. The summed E-state index contributed by atoms with van der Waals surface area (Å²) in [6.45, 7) is 1.52. The first kappa shape index (κ1) is 12.0. The molecule has 2 aromatic rings. The van der Waals surface area contributed by atoms with Gasteiger partial charge in [0, 0.05) is 6.92 Å². The lowest BCUT2D eigenvalue weighted by molar-refractivity contribution is 0.102. The number of rotatable bonds is 2. The summed E-state index contributed by atoms with van der Waals surface area (Å²) in [6.07, 6.45) is 0. The number of carbonyl (C=O) groups excluding carboxylic acids is 1. The van der Waals surface area contributed by atoms with Crippen LogP contribution in [0.5, 0.6) is 0 Å². The number of halogens is 2. The maximum Gasteiger partial charge on any atom is 0.322 e. The third-order valence-electron chi connectivity index (χ3n) is 2.06. The molecular weight excluding hydrogens is 246 g/mol. The Kier molecular flexibility index (Phi) is 2.92. The average Bonchev–Trinajstić information content (AvgIpc) is 2.69. The second-order valence-electron chi connectivity index (χ2n) is 3.44. The fourth-order valence-electron chi connectivity index (χ4n) is 1.29. The molecule has 3 N–H and O–H groups in total. The summed E-state index contributed by atoms with van der Waals surface area (Å²) < 4.78 is 31.4. The van der Waals surface area contributed by atoms with Gasteiger partial charge in [0.2, 0.25) is 5.89 Å². The van der Waals surface area contributed by atoms with Crippen molar-refractivity contribution in [1.82, 2.24) is 10.2 Å². The third kappa shape index (κ3) is 2.26. The van der Waals surface area contributed by atoms with Crippen LogP contribution in [0.2, 0.25) is 0 Å². The van der Waals surface area contributed by atoms with Crippen LogP contribution in [0.25, 0.3) is 0 Å². The summed E-state index contributed by atoms with van der Waals surface area (Å²) in [6, 6.07) is 1.30. The van der Waals surface area contributed by atoms with Gasteiger partial charge in [0.05, 0.1) is 11.3 Å². The topological polar surface area (TPSA) is 94.0 Å². The van der Waals surface area contributed by atoms with E-state index < -0.39 is 28.8 Å². The molecule has 0 radical (unpaired) electrons. The predicted octanol–water partition coefficient (Wildman–Crippen LogP) is 1.49. The average molecular weight is 254 g/mol. The van der Waals surface area contributed by atoms with Gasteiger partial charge in [-0.1, -0.05) is 5.10 Å². The SMILES string of the molecule is Cc1nnc(NC(=O)c2cc(F)cc(N)c2F)o1. The second kappa shape index (κ2) is 4.40. The highest BCUT2D eigenvalue weighted by molar-refractivity contribution is 6.03. The Morgan fingerprint density at radius 2 is 2.11 bits per heavy atom. The minimum Gasteiger partial charge on any atom is -0.408 e. The summed E-state index contributed by atoms with van der Waals surface area (Å²) >= 11 is 0. The molecule has 0 unspecified atom stereocenters. The number of nitrogens with zero attached hydrogens (tertiary/aromatic N) is 2. The molecular formula is C10H8F2N4O2. The number of amides is 1. The van der Waals surface area contributed by atoms with E-state index in [0.29, 0.717) is 0 Å². The molecule has 1 aromatic carbocycles. The predicted molar refractivity (Wildman–Crippen MR) is 57.8 cm³/mol. The molecule has 2 rings (SSSR count). The number of nitrogens with two attached hydrogens (primary N) is 1. The van der Waals surface area contributed by atoms with Crippen molar-refractivity contribution in [2.24, 2.45) is 0 Å². The lowest BCUT2D eigenvalue weighted by Crippen LogP contribution is -2.15. The van der Waals surface area contributed by atoms with Gasteiger partial charge in [0.1, 0.15) is 5.82 Å². The van der Waals surface area contributed by atoms with Gasteiger partial charge >= 0.3 is 6.01 Å². The molecule has 0 aliphatic carbocycles. The molecule has 18 heavy (non-hydrogen) atoms. The van der Waals surface area contributed by atoms with Gasteiger partial charge in [0.25, 0.3) is 5.91 Å². The minimum atomic E-state index is -1.01. The maximum absolute atomic E-state index is 13.5. The first-order valence-electron chi connectivity index (χ1n) is 4.83. The van der Waals surface area contributed by atoms with Crippen molar-refractivity contribution in [3.63, 3.8) is 0 Å². The highest BCUT2D eigenvalue weighted by Crippen LogP contribution is 2.18. The normalized spacial score (nSPS) is 10.4. The molecule has 0 atom stereocenters. The molecule has 0 saturated heterocycles. The molecule has 0 bridgehead atoms. The maximum atomic E-state index is 13.5. The van der Waals surface area contributed by atoms with Crippen molar-refractivity contribution in [3.8, 4) is 0 Å². The number of aromatic nitrogens is 2. The van der Waals surface area contributed by atoms with E-state index in [4.69, 9.17) is 10.2 Å². The van der Waals surface area contributed by atoms with E-state index in [9.17, 15) is 13.6 Å². The van der Waals surface area contributed by atoms with Crippen LogP contribution in [0.4, 0.5) is 20.5 Å². The zero-order chi connectivity index (χ0) is 13.3. The van der Waals surface area contributed by atoms with Gasteiger partial charge in [0.15, 0.2) is 5.82 Å². The molecule has 6 nitrogen and oxygen atoms in total. The van der Waals surface area contributed by atoms with E-state index >= 15 is 0 Å². The number of anilines is 2. The second-order valence-corrected chi connectivity index (χ2v) is 3.44. The van der Waals surface area contributed by atoms with Crippen LogP contribution in [0.1, 0.15) is 16.2 Å². The smallest absolute Gasteiger partial charge is 0.322 e. The van der Waals surface area contributed by atoms with Crippen LogP contribution in [0, 0.1) is 18.6 Å². The van der Waals surface area contributed by atoms with Crippen molar-refractivity contribution < 1.29 is 18.0 Å². The number of hydrogen-bond acceptors (Lipinski definition) is 5. The summed E-state index contributed by atoms with van der Waals surface area (Å²) in [5.41, 5.74) is 4.22. The Labute approximate surface area is 99.8 Å². The van der Waals surface area contributed by atoms with E-state index in [1.165, 1.54) is 6.92 Å². The number of benzene rings is 1. The lowest BCUT2D eigenvalue weighted by atomic mass is 10.1. The van der Waals surface area contributed by atoms with Crippen LogP contribution < -0.4 is 11.1 Å². The quantitative estimate of drug-likeness (QED) is 0.792. The summed E-state index contributed by atoms with van der Waals surface area (Å²) in [5.74, 6) is -2.53. The van der Waals surface area contributed by atoms with E-state index in [1.54, 1.807) is 0 Å². The van der Waals surface area contributed by atoms with Gasteiger partial charge in [-0.25, -0.2) is 8.78 Å². The number of aryl methyl sites for hydroxylation is 1. The zero-order valence-electron chi connectivity index (χ0n) is 9.20. The molecule has 0 fully saturated rings. The largest absolute Gasteiger partial charge is 0.408 e. The fourth-order valence-corrected chi connectivity index (χ4v) is 1.29. The summed E-state index contributed by atoms with van der Waals surface area (Å²) in [7, 11) is 0. The van der Waals surface area contributed by atoms with Crippen LogP contribution in [0.3, 0.4) is 0 Å². The monoisotopic (exact) mass is 254 g/mol. The van der Waals surface area contributed by atoms with Crippen molar-refractivity contribution in [1.29, 1.82) is 0 Å². The number of carbonyl (C=O) groups is 1. The number of nitrogens with one attached hydrogen (secondary N) is 1. The van der Waals surface area contributed by atoms with Crippen molar-refractivity contribution >= 4 is 17.6 Å². The molecule has 0 spiro atoms. The standard InChI is InChI=1S/C10H8F2N4O2/c1-4-15-16-10(18-4)14-9(17)6-2-5(11)3-7(13)8(6)12/h2-3H,13H2,1H3,(H,14,16,17). The molecule has 8 heteroatoms. The van der Waals surface area contributed by atoms with E-state index in [0.717, 1.165) is 12.1 Å². The van der Waals surface area contributed by atoms with Gasteiger partial charge in [-0.15, -0.1) is 5.10 Å². The Morgan fingerprint density at radius 1 is 1.39 bits per heavy atom. The highest BCUT2D eigenvalue weighted by atomic mass is 19.1. The Hall–Kier alpha value is -2.51. The van der Waals surface area contributed by atoms with Gasteiger partial charge in [-0.3, -0.25) is 10.1 Å². The van der Waals surface area contributed by atoms with E-state index in [2.05, 4.69) is 15.5 Å². The summed E-state index contributed by atoms with van der Waals surface area (Å²) in [4.78, 5) is 11.6. The minimum absolute atomic E-state index is 0.209. The van der Waals surface area contributed by atoms with Crippen LogP contribution >= 0.6 is 0 Å². The Bertz CT molecular complexity index is 612. The first-order chi connectivity index (χ1) is 8.47. The highest BCUT2D eigenvalue weighted by Gasteiger charge is 2.18.